The van der Waals surface area contributed by atoms with Crippen molar-refractivity contribution in [3.8, 4) is 0 Å². The minimum atomic E-state index is -4.47. The Labute approximate surface area is 115 Å². The second-order valence-corrected chi connectivity index (χ2v) is 4.75. The zero-order valence-electron chi connectivity index (χ0n) is 9.75. The molecule has 0 saturated carbocycles. The third-order valence-corrected chi connectivity index (χ3v) is 2.71. The predicted molar refractivity (Wildman–Crippen MR) is 65.5 cm³/mol. The SMILES string of the molecule is Cc1cc(CNc2ncc(Br)cc2C(F)(F)F)no1. The molecule has 0 unspecified atom stereocenters. The van der Waals surface area contributed by atoms with Gasteiger partial charge in [0, 0.05) is 16.7 Å². The van der Waals surface area contributed by atoms with E-state index >= 15 is 0 Å². The van der Waals surface area contributed by atoms with Gasteiger partial charge in [-0.25, -0.2) is 4.98 Å². The van der Waals surface area contributed by atoms with Gasteiger partial charge in [0.05, 0.1) is 12.1 Å². The lowest BCUT2D eigenvalue weighted by atomic mass is 10.2. The molecule has 2 rings (SSSR count). The Morgan fingerprint density at radius 3 is 2.68 bits per heavy atom. The topological polar surface area (TPSA) is 51.0 Å². The summed E-state index contributed by atoms with van der Waals surface area (Å²) in [7, 11) is 0. The molecule has 1 N–H and O–H groups in total. The molecule has 0 atom stereocenters. The zero-order valence-corrected chi connectivity index (χ0v) is 11.3. The van der Waals surface area contributed by atoms with E-state index in [9.17, 15) is 13.2 Å². The summed E-state index contributed by atoms with van der Waals surface area (Å²) in [4.78, 5) is 3.73. The molecule has 19 heavy (non-hydrogen) atoms. The van der Waals surface area contributed by atoms with Gasteiger partial charge in [0.15, 0.2) is 0 Å². The van der Waals surface area contributed by atoms with Gasteiger partial charge in [-0.3, -0.25) is 0 Å². The van der Waals surface area contributed by atoms with Crippen LogP contribution in [0.3, 0.4) is 0 Å². The van der Waals surface area contributed by atoms with E-state index in [1.165, 1.54) is 6.20 Å². The van der Waals surface area contributed by atoms with Crippen LogP contribution in [0.25, 0.3) is 0 Å². The zero-order chi connectivity index (χ0) is 14.0. The Morgan fingerprint density at radius 2 is 2.11 bits per heavy atom. The average Bonchev–Trinajstić information content (AvgIpc) is 2.72. The number of aryl methyl sites for hydroxylation is 1. The monoisotopic (exact) mass is 335 g/mol. The quantitative estimate of drug-likeness (QED) is 0.927. The molecule has 2 aromatic heterocycles. The molecule has 8 heteroatoms. The number of nitrogens with one attached hydrogen (secondary N) is 1. The van der Waals surface area contributed by atoms with E-state index in [-0.39, 0.29) is 16.8 Å². The van der Waals surface area contributed by atoms with Gasteiger partial charge in [0.2, 0.25) is 0 Å². The third kappa shape index (κ3) is 3.46. The Hall–Kier alpha value is -1.57. The lowest BCUT2D eigenvalue weighted by Gasteiger charge is -2.13. The number of anilines is 1. The van der Waals surface area contributed by atoms with Crippen molar-refractivity contribution in [2.75, 3.05) is 5.32 Å². The van der Waals surface area contributed by atoms with Crippen molar-refractivity contribution in [2.24, 2.45) is 0 Å². The lowest BCUT2D eigenvalue weighted by molar-refractivity contribution is -0.137. The van der Waals surface area contributed by atoms with E-state index in [1.807, 2.05) is 0 Å². The van der Waals surface area contributed by atoms with Gasteiger partial charge in [-0.05, 0) is 28.9 Å². The molecule has 0 aliphatic heterocycles. The normalized spacial score (nSPS) is 11.6. The molecule has 0 aliphatic rings. The van der Waals surface area contributed by atoms with Crippen molar-refractivity contribution in [1.82, 2.24) is 10.1 Å². The van der Waals surface area contributed by atoms with Crippen molar-refractivity contribution < 1.29 is 17.7 Å². The Morgan fingerprint density at radius 1 is 1.37 bits per heavy atom. The summed E-state index contributed by atoms with van der Waals surface area (Å²) in [5, 5.41) is 6.29. The maximum Gasteiger partial charge on any atom is 0.419 e. The number of halogens is 4. The highest BCUT2D eigenvalue weighted by atomic mass is 79.9. The summed E-state index contributed by atoms with van der Waals surface area (Å²) in [6.07, 6.45) is -3.18. The number of nitrogens with zero attached hydrogens (tertiary/aromatic N) is 2. The second-order valence-electron chi connectivity index (χ2n) is 3.83. The third-order valence-electron chi connectivity index (χ3n) is 2.27. The van der Waals surface area contributed by atoms with Crippen molar-refractivity contribution in [2.45, 2.75) is 19.6 Å². The molecule has 0 spiro atoms. The highest BCUT2D eigenvalue weighted by Crippen LogP contribution is 2.35. The van der Waals surface area contributed by atoms with Gasteiger partial charge in [-0.2, -0.15) is 13.2 Å². The summed E-state index contributed by atoms with van der Waals surface area (Å²) >= 11 is 2.97. The fourth-order valence-electron chi connectivity index (χ4n) is 1.47. The molecule has 4 nitrogen and oxygen atoms in total. The second kappa shape index (κ2) is 5.20. The minimum Gasteiger partial charge on any atom is -0.364 e. The molecule has 0 saturated heterocycles. The van der Waals surface area contributed by atoms with Crippen molar-refractivity contribution in [1.29, 1.82) is 0 Å². The molecule has 2 aromatic rings. The Bertz CT molecular complexity index is 583. The summed E-state index contributed by atoms with van der Waals surface area (Å²) in [5.41, 5.74) is -0.322. The first kappa shape index (κ1) is 13.9. The first-order chi connectivity index (χ1) is 8.86. The standard InChI is InChI=1S/C11H9BrF3N3O/c1-6-2-8(18-19-6)5-17-10-9(11(13,14)15)3-7(12)4-16-10/h2-4H,5H2,1H3,(H,16,17). The van der Waals surface area contributed by atoms with Crippen LogP contribution in [-0.4, -0.2) is 10.1 Å². The molecular weight excluding hydrogens is 327 g/mol. The number of alkyl halides is 3. The Kier molecular flexibility index (Phi) is 3.79. The molecule has 102 valence electrons. The smallest absolute Gasteiger partial charge is 0.364 e. The van der Waals surface area contributed by atoms with Gasteiger partial charge in [0.25, 0.3) is 0 Å². The number of aromatic nitrogens is 2. The van der Waals surface area contributed by atoms with Gasteiger partial charge >= 0.3 is 6.18 Å². The van der Waals surface area contributed by atoms with E-state index in [1.54, 1.807) is 13.0 Å². The molecule has 0 aromatic carbocycles. The number of rotatable bonds is 3. The largest absolute Gasteiger partial charge is 0.419 e. The first-order valence-electron chi connectivity index (χ1n) is 5.25. The summed E-state index contributed by atoms with van der Waals surface area (Å²) in [6.45, 7) is 1.81. The van der Waals surface area contributed by atoms with Gasteiger partial charge in [-0.1, -0.05) is 5.16 Å². The van der Waals surface area contributed by atoms with Gasteiger partial charge in [-0.15, -0.1) is 0 Å². The highest BCUT2D eigenvalue weighted by molar-refractivity contribution is 9.10. The summed E-state index contributed by atoms with van der Waals surface area (Å²) in [5.74, 6) is 0.355. The van der Waals surface area contributed by atoms with Crippen LogP contribution >= 0.6 is 15.9 Å². The highest BCUT2D eigenvalue weighted by Gasteiger charge is 2.34. The maximum atomic E-state index is 12.8. The van der Waals surface area contributed by atoms with E-state index in [2.05, 4.69) is 31.4 Å². The predicted octanol–water partition coefficient (Wildman–Crippen LogP) is 3.77. The van der Waals surface area contributed by atoms with Crippen LogP contribution in [0, 0.1) is 6.92 Å². The van der Waals surface area contributed by atoms with E-state index in [0.717, 1.165) is 6.07 Å². The number of hydrogen-bond acceptors (Lipinski definition) is 4. The molecule has 0 bridgehead atoms. The molecular formula is C11H9BrF3N3O. The van der Waals surface area contributed by atoms with Crippen LogP contribution in [0.5, 0.6) is 0 Å². The fourth-order valence-corrected chi connectivity index (χ4v) is 1.80. The summed E-state index contributed by atoms with van der Waals surface area (Å²) in [6, 6.07) is 2.61. The molecule has 2 heterocycles. The first-order valence-corrected chi connectivity index (χ1v) is 6.04. The van der Waals surface area contributed by atoms with Crippen LogP contribution in [-0.2, 0) is 12.7 Å². The van der Waals surface area contributed by atoms with Gasteiger partial charge < -0.3 is 9.84 Å². The fraction of sp³-hybridized carbons (Fsp3) is 0.273. The van der Waals surface area contributed by atoms with Gasteiger partial charge in [0.1, 0.15) is 17.3 Å². The van der Waals surface area contributed by atoms with Crippen LogP contribution in [0.15, 0.2) is 27.3 Å². The van der Waals surface area contributed by atoms with Crippen molar-refractivity contribution in [3.63, 3.8) is 0 Å². The lowest BCUT2D eigenvalue weighted by Crippen LogP contribution is -2.12. The average molecular weight is 336 g/mol. The number of pyridine rings is 1. The van der Waals surface area contributed by atoms with E-state index < -0.39 is 11.7 Å². The molecule has 0 radical (unpaired) electrons. The minimum absolute atomic E-state index is 0.106. The van der Waals surface area contributed by atoms with Crippen LogP contribution in [0.2, 0.25) is 0 Å². The Balaban J connectivity index is 2.20. The summed E-state index contributed by atoms with van der Waals surface area (Å²) < 4.78 is 43.6. The molecule has 0 fully saturated rings. The number of hydrogen-bond donors (Lipinski definition) is 1. The molecule has 0 aliphatic carbocycles. The maximum absolute atomic E-state index is 12.8. The van der Waals surface area contributed by atoms with Crippen LogP contribution in [0.1, 0.15) is 17.0 Å². The van der Waals surface area contributed by atoms with E-state index in [0.29, 0.717) is 11.5 Å². The van der Waals surface area contributed by atoms with Crippen molar-refractivity contribution in [3.05, 3.63) is 39.8 Å². The van der Waals surface area contributed by atoms with Crippen LogP contribution in [0.4, 0.5) is 19.0 Å². The van der Waals surface area contributed by atoms with Crippen LogP contribution < -0.4 is 5.32 Å². The van der Waals surface area contributed by atoms with Crippen molar-refractivity contribution >= 4 is 21.7 Å². The van der Waals surface area contributed by atoms with E-state index in [4.69, 9.17) is 4.52 Å². The molecule has 0 amide bonds.